The van der Waals surface area contributed by atoms with E-state index in [2.05, 4.69) is 10.6 Å². The molecule has 24 heavy (non-hydrogen) atoms. The Kier molecular flexibility index (Phi) is 7.39. The van der Waals surface area contributed by atoms with E-state index >= 15 is 0 Å². The highest BCUT2D eigenvalue weighted by Gasteiger charge is 2.18. The molecule has 2 rings (SSSR count). The van der Waals surface area contributed by atoms with Gasteiger partial charge in [0.2, 0.25) is 5.91 Å². The topological polar surface area (TPSA) is 70.7 Å². The molecule has 3 amide bonds. The van der Waals surface area contributed by atoms with Crippen molar-refractivity contribution in [2.75, 3.05) is 32.8 Å². The first-order valence-electron chi connectivity index (χ1n) is 8.65. The van der Waals surface area contributed by atoms with E-state index in [1.165, 1.54) is 0 Å². The van der Waals surface area contributed by atoms with Gasteiger partial charge in [-0.1, -0.05) is 18.2 Å². The summed E-state index contributed by atoms with van der Waals surface area (Å²) in [5.74, 6) is 1.12. The molecular formula is C18H27N3O3. The Balaban J connectivity index is 1.46. The van der Waals surface area contributed by atoms with E-state index in [0.717, 1.165) is 43.7 Å². The molecule has 0 radical (unpaired) electrons. The lowest BCUT2D eigenvalue weighted by Crippen LogP contribution is -2.38. The molecule has 1 fully saturated rings. The van der Waals surface area contributed by atoms with Crippen LogP contribution in [0.2, 0.25) is 0 Å². The number of nitrogens with zero attached hydrogens (tertiary/aromatic N) is 1. The van der Waals surface area contributed by atoms with E-state index in [9.17, 15) is 9.59 Å². The minimum atomic E-state index is -0.168. The molecule has 0 aromatic heterocycles. The van der Waals surface area contributed by atoms with E-state index in [4.69, 9.17) is 4.74 Å². The number of benzene rings is 1. The Morgan fingerprint density at radius 1 is 1.21 bits per heavy atom. The van der Waals surface area contributed by atoms with Crippen LogP contribution in [0.15, 0.2) is 24.3 Å². The highest BCUT2D eigenvalue weighted by molar-refractivity contribution is 5.78. The summed E-state index contributed by atoms with van der Waals surface area (Å²) in [6.45, 7) is 5.31. The van der Waals surface area contributed by atoms with E-state index in [1.807, 2.05) is 36.1 Å². The number of urea groups is 1. The number of rotatable bonds is 9. The smallest absolute Gasteiger partial charge is 0.314 e. The maximum absolute atomic E-state index is 11.6. The summed E-state index contributed by atoms with van der Waals surface area (Å²) in [6, 6.07) is 7.72. The molecule has 1 aliphatic rings. The van der Waals surface area contributed by atoms with Gasteiger partial charge in [0.25, 0.3) is 0 Å². The van der Waals surface area contributed by atoms with Crippen LogP contribution in [-0.2, 0) is 4.79 Å². The Morgan fingerprint density at radius 3 is 2.67 bits per heavy atom. The Morgan fingerprint density at radius 2 is 1.96 bits per heavy atom. The van der Waals surface area contributed by atoms with Crippen LogP contribution in [0.1, 0.15) is 31.2 Å². The standard InChI is InChI=1S/C18H27N3O3/c1-15-7-2-3-8-16(15)24-14-6-11-20-18(23)19-10-5-13-21-12-4-9-17(21)22/h2-3,7-8H,4-6,9-14H2,1H3,(H2,19,20,23). The van der Waals surface area contributed by atoms with Crippen LogP contribution in [0, 0.1) is 6.92 Å². The lowest BCUT2D eigenvalue weighted by atomic mass is 10.2. The highest BCUT2D eigenvalue weighted by Crippen LogP contribution is 2.15. The van der Waals surface area contributed by atoms with Gasteiger partial charge in [-0.15, -0.1) is 0 Å². The van der Waals surface area contributed by atoms with Gasteiger partial charge < -0.3 is 20.3 Å². The van der Waals surface area contributed by atoms with Crippen molar-refractivity contribution < 1.29 is 14.3 Å². The van der Waals surface area contributed by atoms with Crippen molar-refractivity contribution >= 4 is 11.9 Å². The molecule has 1 aliphatic heterocycles. The summed E-state index contributed by atoms with van der Waals surface area (Å²) in [4.78, 5) is 25.0. The molecule has 0 spiro atoms. The third kappa shape index (κ3) is 6.10. The van der Waals surface area contributed by atoms with Crippen molar-refractivity contribution in [3.63, 3.8) is 0 Å². The molecule has 132 valence electrons. The third-order valence-electron chi connectivity index (χ3n) is 4.02. The van der Waals surface area contributed by atoms with Crippen LogP contribution in [0.4, 0.5) is 4.79 Å². The molecule has 6 nitrogen and oxygen atoms in total. The van der Waals surface area contributed by atoms with Crippen molar-refractivity contribution in [1.29, 1.82) is 0 Å². The largest absolute Gasteiger partial charge is 0.493 e. The molecule has 1 aromatic carbocycles. The zero-order chi connectivity index (χ0) is 17.2. The predicted octanol–water partition coefficient (Wildman–Crippen LogP) is 2.08. The van der Waals surface area contributed by atoms with Crippen molar-refractivity contribution in [2.24, 2.45) is 0 Å². The second kappa shape index (κ2) is 9.80. The molecule has 0 atom stereocenters. The molecule has 0 bridgehead atoms. The molecule has 1 heterocycles. The molecular weight excluding hydrogens is 306 g/mol. The van der Waals surface area contributed by atoms with Crippen LogP contribution in [0.25, 0.3) is 0 Å². The third-order valence-corrected chi connectivity index (χ3v) is 4.02. The maximum atomic E-state index is 11.6. The van der Waals surface area contributed by atoms with E-state index in [-0.39, 0.29) is 11.9 Å². The Hall–Kier alpha value is -2.24. The van der Waals surface area contributed by atoms with Gasteiger partial charge in [0.05, 0.1) is 6.61 Å². The van der Waals surface area contributed by atoms with Crippen molar-refractivity contribution in [1.82, 2.24) is 15.5 Å². The molecule has 1 aromatic rings. The summed E-state index contributed by atoms with van der Waals surface area (Å²) >= 11 is 0. The van der Waals surface area contributed by atoms with E-state index in [1.54, 1.807) is 0 Å². The number of carbonyl (C=O) groups excluding carboxylic acids is 2. The summed E-state index contributed by atoms with van der Waals surface area (Å²) < 4.78 is 5.67. The SMILES string of the molecule is Cc1ccccc1OCCCNC(=O)NCCCN1CCCC1=O. The number of likely N-dealkylation sites (tertiary alicyclic amines) is 1. The number of hydrogen-bond donors (Lipinski definition) is 2. The summed E-state index contributed by atoms with van der Waals surface area (Å²) in [5, 5.41) is 5.62. The van der Waals surface area contributed by atoms with Gasteiger partial charge >= 0.3 is 6.03 Å². The minimum absolute atomic E-state index is 0.168. The van der Waals surface area contributed by atoms with Gasteiger partial charge in [0.1, 0.15) is 5.75 Å². The van der Waals surface area contributed by atoms with E-state index < -0.39 is 0 Å². The first-order chi connectivity index (χ1) is 11.7. The van der Waals surface area contributed by atoms with Crippen LogP contribution >= 0.6 is 0 Å². The van der Waals surface area contributed by atoms with Gasteiger partial charge in [-0.3, -0.25) is 4.79 Å². The zero-order valence-corrected chi connectivity index (χ0v) is 14.3. The van der Waals surface area contributed by atoms with Crippen LogP contribution < -0.4 is 15.4 Å². The molecule has 0 unspecified atom stereocenters. The molecule has 1 saturated heterocycles. The van der Waals surface area contributed by atoms with Crippen LogP contribution in [-0.4, -0.2) is 49.6 Å². The Bertz CT molecular complexity index is 548. The molecule has 2 N–H and O–H groups in total. The average molecular weight is 333 g/mol. The average Bonchev–Trinajstić information content (AvgIpc) is 2.98. The van der Waals surface area contributed by atoms with Gasteiger partial charge in [-0.2, -0.15) is 0 Å². The minimum Gasteiger partial charge on any atom is -0.493 e. The van der Waals surface area contributed by atoms with Crippen molar-refractivity contribution in [3.05, 3.63) is 29.8 Å². The van der Waals surface area contributed by atoms with Crippen LogP contribution in [0.3, 0.4) is 0 Å². The lowest BCUT2D eigenvalue weighted by molar-refractivity contribution is -0.127. The first kappa shape index (κ1) is 18.1. The monoisotopic (exact) mass is 333 g/mol. The first-order valence-corrected chi connectivity index (χ1v) is 8.65. The number of carbonyl (C=O) groups is 2. The fourth-order valence-electron chi connectivity index (χ4n) is 2.65. The van der Waals surface area contributed by atoms with Crippen LogP contribution in [0.5, 0.6) is 5.75 Å². The number of ether oxygens (including phenoxy) is 1. The fourth-order valence-corrected chi connectivity index (χ4v) is 2.65. The Labute approximate surface area is 143 Å². The summed E-state index contributed by atoms with van der Waals surface area (Å²) in [6.07, 6.45) is 3.16. The summed E-state index contributed by atoms with van der Waals surface area (Å²) in [7, 11) is 0. The number of hydrogen-bond acceptors (Lipinski definition) is 3. The van der Waals surface area contributed by atoms with Gasteiger partial charge in [-0.05, 0) is 37.8 Å². The fraction of sp³-hybridized carbons (Fsp3) is 0.556. The number of nitrogens with one attached hydrogen (secondary N) is 2. The normalized spacial score (nSPS) is 13.9. The molecule has 6 heteroatoms. The second-order valence-corrected chi connectivity index (χ2v) is 5.99. The predicted molar refractivity (Wildman–Crippen MR) is 93.1 cm³/mol. The van der Waals surface area contributed by atoms with Crippen molar-refractivity contribution in [2.45, 2.75) is 32.6 Å². The zero-order valence-electron chi connectivity index (χ0n) is 14.3. The van der Waals surface area contributed by atoms with Gasteiger partial charge in [0, 0.05) is 32.6 Å². The number of para-hydroxylation sites is 1. The molecule has 0 saturated carbocycles. The summed E-state index contributed by atoms with van der Waals surface area (Å²) in [5.41, 5.74) is 1.11. The van der Waals surface area contributed by atoms with Gasteiger partial charge in [0.15, 0.2) is 0 Å². The number of aryl methyl sites for hydroxylation is 1. The quantitative estimate of drug-likeness (QED) is 0.680. The molecule has 0 aliphatic carbocycles. The lowest BCUT2D eigenvalue weighted by Gasteiger charge is -2.15. The van der Waals surface area contributed by atoms with E-state index in [0.29, 0.717) is 26.1 Å². The van der Waals surface area contributed by atoms with Crippen molar-refractivity contribution in [3.8, 4) is 5.75 Å². The number of amides is 3. The maximum Gasteiger partial charge on any atom is 0.314 e. The highest BCUT2D eigenvalue weighted by atomic mass is 16.5. The van der Waals surface area contributed by atoms with Gasteiger partial charge in [-0.25, -0.2) is 4.79 Å². The second-order valence-electron chi connectivity index (χ2n) is 5.99.